The Morgan fingerprint density at radius 1 is 0.398 bits per heavy atom. The van der Waals surface area contributed by atoms with E-state index in [1.54, 1.807) is 0 Å². The van der Waals surface area contributed by atoms with E-state index in [0.717, 1.165) is 45.0 Å². The summed E-state index contributed by atoms with van der Waals surface area (Å²) >= 11 is 0. The van der Waals surface area contributed by atoms with Crippen molar-refractivity contribution in [1.82, 2.24) is 9.55 Å². The van der Waals surface area contributed by atoms with Crippen molar-refractivity contribution in [3.63, 3.8) is 0 Å². The second-order valence-electron chi connectivity index (χ2n) is 28.3. The Hall–Kier alpha value is -7.89. The van der Waals surface area contributed by atoms with Gasteiger partial charge in [-0.25, -0.2) is 4.98 Å². The maximum atomic E-state index is 7.40. The van der Waals surface area contributed by atoms with Gasteiger partial charge in [0.2, 0.25) is 0 Å². The van der Waals surface area contributed by atoms with E-state index in [2.05, 4.69) is 314 Å². The van der Waals surface area contributed by atoms with Gasteiger partial charge in [0.05, 0.1) is 22.4 Å². The standard InChI is InChI=1S/C78H86N4O/c1-50(2)64-29-24-30-65(51(3)4)73(64)52-39-60(81-49-80(69-36-31-55(45-71(69)81)74(5,6)7)61-42-58(76(11,12)13)41-59(43-61)78(16,17)54-27-22-19-23-28-54)47-63(40-52)83-62-33-34-66-67-44-57(77(14,15)53-25-20-18-21-26-53)32-35-68(67)82(70(66)48-62)72-46-56(37-38-79-72)75(8,9)10/h18-48,50-51H,49H2,1-17H3. The van der Waals surface area contributed by atoms with Crippen LogP contribution < -0.4 is 14.5 Å². The molecule has 10 aromatic rings. The molecule has 8 aromatic carbocycles. The van der Waals surface area contributed by atoms with Gasteiger partial charge in [0, 0.05) is 51.3 Å². The highest BCUT2D eigenvalue weighted by Crippen LogP contribution is 2.51. The van der Waals surface area contributed by atoms with Gasteiger partial charge in [-0.2, -0.15) is 0 Å². The van der Waals surface area contributed by atoms with Gasteiger partial charge in [-0.05, 0) is 162 Å². The van der Waals surface area contributed by atoms with Gasteiger partial charge < -0.3 is 14.5 Å². The zero-order valence-electron chi connectivity index (χ0n) is 52.5. The van der Waals surface area contributed by atoms with Crippen molar-refractivity contribution in [2.75, 3.05) is 16.5 Å². The lowest BCUT2D eigenvalue weighted by Crippen LogP contribution is -2.26. The van der Waals surface area contributed by atoms with E-state index in [0.29, 0.717) is 18.5 Å². The van der Waals surface area contributed by atoms with E-state index < -0.39 is 0 Å². The minimum absolute atomic E-state index is 0.0656. The summed E-state index contributed by atoms with van der Waals surface area (Å²) in [6.45, 7) is 40.0. The average Bonchev–Trinajstić information content (AvgIpc) is 2.99. The number of aromatic nitrogens is 2. The Kier molecular flexibility index (Phi) is 14.5. The first-order valence-corrected chi connectivity index (χ1v) is 30.2. The Morgan fingerprint density at radius 2 is 0.964 bits per heavy atom. The highest BCUT2D eigenvalue weighted by atomic mass is 16.5. The Balaban J connectivity index is 1.11. The molecule has 11 rings (SSSR count). The number of rotatable bonds is 12. The van der Waals surface area contributed by atoms with E-state index in [9.17, 15) is 0 Å². The lowest BCUT2D eigenvalue weighted by atomic mass is 9.75. The largest absolute Gasteiger partial charge is 0.457 e. The molecule has 0 bridgehead atoms. The van der Waals surface area contributed by atoms with E-state index >= 15 is 0 Å². The number of benzene rings is 8. The molecule has 0 spiro atoms. The lowest BCUT2D eigenvalue weighted by molar-refractivity contribution is 0.483. The number of hydrogen-bond donors (Lipinski definition) is 0. The molecular weight excluding hydrogens is 1010 g/mol. The molecule has 0 radical (unpaired) electrons. The molecule has 0 saturated carbocycles. The summed E-state index contributed by atoms with van der Waals surface area (Å²) in [5, 5.41) is 2.33. The molecule has 0 N–H and O–H groups in total. The molecule has 0 amide bonds. The fraction of sp³-hybridized carbons (Fsp3) is 0.321. The van der Waals surface area contributed by atoms with Crippen molar-refractivity contribution in [2.45, 2.75) is 157 Å². The fourth-order valence-electron chi connectivity index (χ4n) is 12.4. The van der Waals surface area contributed by atoms with Gasteiger partial charge >= 0.3 is 0 Å². The number of hydrogen-bond acceptors (Lipinski definition) is 4. The van der Waals surface area contributed by atoms with Crippen LogP contribution >= 0.6 is 0 Å². The predicted molar refractivity (Wildman–Crippen MR) is 354 cm³/mol. The molecule has 2 aromatic heterocycles. The normalized spacial score (nSPS) is 13.5. The quantitative estimate of drug-likeness (QED) is 0.122. The maximum absolute atomic E-state index is 7.40. The molecule has 424 valence electrons. The third-order valence-electron chi connectivity index (χ3n) is 17.9. The molecule has 5 heteroatoms. The molecule has 0 fully saturated rings. The van der Waals surface area contributed by atoms with Crippen LogP contribution in [0, 0.1) is 0 Å². The van der Waals surface area contributed by atoms with Crippen molar-refractivity contribution < 1.29 is 4.74 Å². The third-order valence-corrected chi connectivity index (χ3v) is 17.9. The van der Waals surface area contributed by atoms with Gasteiger partial charge in [-0.15, -0.1) is 0 Å². The number of fused-ring (bicyclic) bond motifs is 4. The Bertz CT molecular complexity index is 4020. The summed E-state index contributed by atoms with van der Waals surface area (Å²) in [7, 11) is 0. The van der Waals surface area contributed by atoms with Crippen LogP contribution in [0.15, 0.2) is 188 Å². The smallest absolute Gasteiger partial charge is 0.137 e. The topological polar surface area (TPSA) is 33.5 Å². The molecule has 1 aliphatic rings. The second-order valence-corrected chi connectivity index (χ2v) is 28.3. The fourth-order valence-corrected chi connectivity index (χ4v) is 12.4. The van der Waals surface area contributed by atoms with Crippen LogP contribution in [0.5, 0.6) is 11.5 Å². The maximum Gasteiger partial charge on any atom is 0.137 e. The van der Waals surface area contributed by atoms with Crippen LogP contribution in [0.3, 0.4) is 0 Å². The minimum atomic E-state index is -0.235. The summed E-state index contributed by atoms with van der Waals surface area (Å²) in [4.78, 5) is 10.2. The van der Waals surface area contributed by atoms with Crippen molar-refractivity contribution in [3.05, 3.63) is 238 Å². The van der Waals surface area contributed by atoms with Gasteiger partial charge in [0.1, 0.15) is 24.0 Å². The first-order valence-electron chi connectivity index (χ1n) is 30.2. The van der Waals surface area contributed by atoms with Crippen LogP contribution in [0.1, 0.15) is 180 Å². The van der Waals surface area contributed by atoms with Crippen molar-refractivity contribution in [2.24, 2.45) is 0 Å². The molecule has 83 heavy (non-hydrogen) atoms. The van der Waals surface area contributed by atoms with E-state index in [-0.39, 0.29) is 27.1 Å². The van der Waals surface area contributed by atoms with Crippen LogP contribution in [-0.4, -0.2) is 16.2 Å². The van der Waals surface area contributed by atoms with E-state index in [1.165, 1.54) is 78.1 Å². The summed E-state index contributed by atoms with van der Waals surface area (Å²) < 4.78 is 9.74. The molecular formula is C78H86N4O. The summed E-state index contributed by atoms with van der Waals surface area (Å²) in [6, 6.07) is 68.2. The van der Waals surface area contributed by atoms with Crippen LogP contribution in [0.4, 0.5) is 22.7 Å². The van der Waals surface area contributed by atoms with E-state index in [4.69, 9.17) is 9.72 Å². The molecule has 3 heterocycles. The third kappa shape index (κ3) is 10.8. The Morgan fingerprint density at radius 3 is 1.58 bits per heavy atom. The number of anilines is 4. The van der Waals surface area contributed by atoms with Gasteiger partial charge in [0.15, 0.2) is 0 Å². The predicted octanol–water partition coefficient (Wildman–Crippen LogP) is 21.7. The van der Waals surface area contributed by atoms with Crippen LogP contribution in [-0.2, 0) is 27.1 Å². The van der Waals surface area contributed by atoms with Crippen molar-refractivity contribution >= 4 is 44.6 Å². The lowest BCUT2D eigenvalue weighted by Gasteiger charge is -2.32. The van der Waals surface area contributed by atoms with Crippen LogP contribution in [0.25, 0.3) is 38.8 Å². The average molecular weight is 1100 g/mol. The molecule has 0 saturated heterocycles. The second kappa shape index (κ2) is 21.1. The summed E-state index contributed by atoms with van der Waals surface area (Å²) in [5.41, 5.74) is 20.1. The number of ether oxygens (including phenoxy) is 1. The first-order chi connectivity index (χ1) is 39.2. The SMILES string of the molecule is CC(C)c1cccc(C(C)C)c1-c1cc(Oc2ccc3c4cc(C(C)(C)c5ccccc5)ccc4n(-c4cc(C(C)(C)C)ccn4)c3c2)cc(N2CN(c3cc(C(C)(C)C)cc(C(C)(C)c4ccccc4)c3)c3ccc(C(C)(C)C)cc32)c1. The van der Waals surface area contributed by atoms with Crippen LogP contribution in [0.2, 0.25) is 0 Å². The summed E-state index contributed by atoms with van der Waals surface area (Å²) in [6.07, 6.45) is 1.96. The molecule has 1 aliphatic heterocycles. The van der Waals surface area contributed by atoms with E-state index in [1.807, 2.05) is 6.20 Å². The zero-order chi connectivity index (χ0) is 59.1. The highest BCUT2D eigenvalue weighted by molar-refractivity contribution is 6.10. The van der Waals surface area contributed by atoms with Gasteiger partial charge in [-0.1, -0.05) is 215 Å². The molecule has 0 atom stereocenters. The monoisotopic (exact) mass is 1090 g/mol. The molecule has 5 nitrogen and oxygen atoms in total. The number of nitrogens with zero attached hydrogens (tertiary/aromatic N) is 4. The summed E-state index contributed by atoms with van der Waals surface area (Å²) in [5.74, 6) is 3.02. The van der Waals surface area contributed by atoms with Gasteiger partial charge in [-0.3, -0.25) is 4.57 Å². The zero-order valence-corrected chi connectivity index (χ0v) is 52.5. The van der Waals surface area contributed by atoms with Crippen molar-refractivity contribution in [3.8, 4) is 28.4 Å². The number of pyridine rings is 1. The van der Waals surface area contributed by atoms with Crippen molar-refractivity contribution in [1.29, 1.82) is 0 Å². The Labute approximate surface area is 496 Å². The molecule has 0 unspecified atom stereocenters. The highest BCUT2D eigenvalue weighted by Gasteiger charge is 2.34. The first kappa shape index (κ1) is 56.9. The minimum Gasteiger partial charge on any atom is -0.457 e. The van der Waals surface area contributed by atoms with Gasteiger partial charge in [0.25, 0.3) is 0 Å². The molecule has 0 aliphatic carbocycles.